The molecule has 1 aromatic rings. The SMILES string of the molecule is O=C(O)[C@H]1CC[C@@H](C(=O)N(Cc2ccccc2C(F)(F)F)C2CC2)O1. The number of alkyl halides is 3. The van der Waals surface area contributed by atoms with E-state index in [1.165, 1.54) is 23.1 Å². The molecule has 136 valence electrons. The van der Waals surface area contributed by atoms with Crippen molar-refractivity contribution < 1.29 is 32.6 Å². The molecule has 1 aliphatic heterocycles. The maximum Gasteiger partial charge on any atom is 0.416 e. The van der Waals surface area contributed by atoms with E-state index in [9.17, 15) is 22.8 Å². The molecule has 1 saturated carbocycles. The van der Waals surface area contributed by atoms with Gasteiger partial charge in [0.05, 0.1) is 5.56 Å². The van der Waals surface area contributed by atoms with E-state index in [1.54, 1.807) is 0 Å². The Morgan fingerprint density at radius 2 is 1.76 bits per heavy atom. The summed E-state index contributed by atoms with van der Waals surface area (Å²) in [7, 11) is 0. The average Bonchev–Trinajstić information content (AvgIpc) is 3.26. The van der Waals surface area contributed by atoms with E-state index in [4.69, 9.17) is 9.84 Å². The zero-order valence-electron chi connectivity index (χ0n) is 13.3. The van der Waals surface area contributed by atoms with Crippen LogP contribution in [-0.2, 0) is 27.0 Å². The minimum atomic E-state index is -4.49. The number of amides is 1. The van der Waals surface area contributed by atoms with Crippen molar-refractivity contribution in [3.05, 3.63) is 35.4 Å². The van der Waals surface area contributed by atoms with E-state index in [0.717, 1.165) is 18.9 Å². The van der Waals surface area contributed by atoms with Crippen LogP contribution in [0.4, 0.5) is 13.2 Å². The number of hydrogen-bond donors (Lipinski definition) is 1. The number of nitrogens with zero attached hydrogens (tertiary/aromatic N) is 1. The molecule has 1 N–H and O–H groups in total. The van der Waals surface area contributed by atoms with Gasteiger partial charge in [-0.15, -0.1) is 0 Å². The highest BCUT2D eigenvalue weighted by Crippen LogP contribution is 2.36. The Morgan fingerprint density at radius 3 is 2.32 bits per heavy atom. The number of hydrogen-bond acceptors (Lipinski definition) is 3. The number of benzene rings is 1. The first-order valence-electron chi connectivity index (χ1n) is 8.11. The topological polar surface area (TPSA) is 66.8 Å². The summed E-state index contributed by atoms with van der Waals surface area (Å²) in [5.41, 5.74) is -0.729. The van der Waals surface area contributed by atoms with Crippen molar-refractivity contribution in [1.29, 1.82) is 0 Å². The third kappa shape index (κ3) is 3.95. The highest BCUT2D eigenvalue weighted by Gasteiger charge is 2.42. The molecule has 5 nitrogen and oxygen atoms in total. The van der Waals surface area contributed by atoms with Gasteiger partial charge in [0.1, 0.15) is 6.10 Å². The van der Waals surface area contributed by atoms with Crippen molar-refractivity contribution >= 4 is 11.9 Å². The smallest absolute Gasteiger partial charge is 0.416 e. The predicted octanol–water partition coefficient (Wildman–Crippen LogP) is 2.83. The number of carboxylic acid groups (broad SMARTS) is 1. The molecule has 8 heteroatoms. The van der Waals surface area contributed by atoms with E-state index in [1.807, 2.05) is 0 Å². The average molecular weight is 357 g/mol. The third-order valence-electron chi connectivity index (χ3n) is 4.50. The molecule has 0 radical (unpaired) electrons. The van der Waals surface area contributed by atoms with Crippen molar-refractivity contribution in [3.63, 3.8) is 0 Å². The van der Waals surface area contributed by atoms with Gasteiger partial charge in [-0.25, -0.2) is 4.79 Å². The Morgan fingerprint density at radius 1 is 1.12 bits per heavy atom. The predicted molar refractivity (Wildman–Crippen MR) is 80.5 cm³/mol. The third-order valence-corrected chi connectivity index (χ3v) is 4.50. The minimum Gasteiger partial charge on any atom is -0.479 e. The van der Waals surface area contributed by atoms with Crippen LogP contribution in [0.15, 0.2) is 24.3 Å². The van der Waals surface area contributed by atoms with Gasteiger partial charge in [0.15, 0.2) is 6.10 Å². The molecule has 0 aromatic heterocycles. The number of carbonyl (C=O) groups excluding carboxylic acids is 1. The van der Waals surface area contributed by atoms with Gasteiger partial charge in [0, 0.05) is 12.6 Å². The lowest BCUT2D eigenvalue weighted by atomic mass is 10.1. The van der Waals surface area contributed by atoms with Crippen LogP contribution in [0.2, 0.25) is 0 Å². The van der Waals surface area contributed by atoms with Gasteiger partial charge in [-0.2, -0.15) is 13.2 Å². The molecule has 2 aliphatic rings. The summed E-state index contributed by atoms with van der Waals surface area (Å²) < 4.78 is 44.8. The number of aliphatic carboxylic acids is 1. The standard InChI is InChI=1S/C17H18F3NO4/c18-17(19,20)12-4-2-1-3-10(12)9-21(11-5-6-11)15(22)13-7-8-14(25-13)16(23)24/h1-4,11,13-14H,5-9H2,(H,23,24)/t13-,14+/m0/s1. The Bertz CT molecular complexity index is 672. The van der Waals surface area contributed by atoms with E-state index < -0.39 is 35.8 Å². The molecule has 0 unspecified atom stereocenters. The van der Waals surface area contributed by atoms with Crippen LogP contribution in [0.25, 0.3) is 0 Å². The highest BCUT2D eigenvalue weighted by atomic mass is 19.4. The Balaban J connectivity index is 1.77. The zero-order chi connectivity index (χ0) is 18.2. The summed E-state index contributed by atoms with van der Waals surface area (Å²) >= 11 is 0. The first-order chi connectivity index (χ1) is 11.8. The van der Waals surface area contributed by atoms with Gasteiger partial charge in [-0.1, -0.05) is 18.2 Å². The molecule has 0 spiro atoms. The molecule has 1 aliphatic carbocycles. The summed E-state index contributed by atoms with van der Waals surface area (Å²) in [6.07, 6.45) is -4.47. The summed E-state index contributed by atoms with van der Waals surface area (Å²) in [5, 5.41) is 8.96. The van der Waals surface area contributed by atoms with Crippen molar-refractivity contribution in [2.24, 2.45) is 0 Å². The van der Waals surface area contributed by atoms with E-state index in [2.05, 4.69) is 0 Å². The van der Waals surface area contributed by atoms with Gasteiger partial charge in [-0.05, 0) is 37.3 Å². The molecule has 3 rings (SSSR count). The maximum atomic E-state index is 13.2. The van der Waals surface area contributed by atoms with Crippen LogP contribution in [-0.4, -0.2) is 40.1 Å². The van der Waals surface area contributed by atoms with E-state index in [-0.39, 0.29) is 31.0 Å². The molecular formula is C17H18F3NO4. The van der Waals surface area contributed by atoms with Crippen LogP contribution >= 0.6 is 0 Å². The second-order valence-corrected chi connectivity index (χ2v) is 6.38. The quantitative estimate of drug-likeness (QED) is 0.880. The largest absolute Gasteiger partial charge is 0.479 e. The van der Waals surface area contributed by atoms with Crippen LogP contribution in [0.3, 0.4) is 0 Å². The zero-order valence-corrected chi connectivity index (χ0v) is 13.3. The fourth-order valence-electron chi connectivity index (χ4n) is 3.08. The van der Waals surface area contributed by atoms with Crippen LogP contribution in [0, 0.1) is 0 Å². The molecule has 1 heterocycles. The summed E-state index contributed by atoms with van der Waals surface area (Å²) in [6.45, 7) is -0.156. The highest BCUT2D eigenvalue weighted by molar-refractivity contribution is 5.83. The molecule has 25 heavy (non-hydrogen) atoms. The van der Waals surface area contributed by atoms with Gasteiger partial charge in [0.25, 0.3) is 5.91 Å². The monoisotopic (exact) mass is 357 g/mol. The van der Waals surface area contributed by atoms with Gasteiger partial charge in [0.2, 0.25) is 0 Å². The van der Waals surface area contributed by atoms with Crippen molar-refractivity contribution in [1.82, 2.24) is 4.90 Å². The molecule has 2 fully saturated rings. The minimum absolute atomic E-state index is 0.0306. The molecule has 2 atom stereocenters. The Labute approximate surface area is 142 Å². The first kappa shape index (κ1) is 17.7. The molecule has 1 saturated heterocycles. The molecule has 1 aromatic carbocycles. The molecule has 1 amide bonds. The van der Waals surface area contributed by atoms with Crippen LogP contribution in [0.1, 0.15) is 36.8 Å². The normalized spacial score (nSPS) is 23.5. The van der Waals surface area contributed by atoms with E-state index in [0.29, 0.717) is 0 Å². The van der Waals surface area contributed by atoms with E-state index >= 15 is 0 Å². The van der Waals surface area contributed by atoms with Gasteiger partial charge in [-0.3, -0.25) is 4.79 Å². The first-order valence-corrected chi connectivity index (χ1v) is 8.11. The number of carboxylic acids is 1. The van der Waals surface area contributed by atoms with Crippen LogP contribution < -0.4 is 0 Å². The number of ether oxygens (including phenoxy) is 1. The summed E-state index contributed by atoms with van der Waals surface area (Å²) in [5.74, 6) is -1.56. The number of halogens is 3. The summed E-state index contributed by atoms with van der Waals surface area (Å²) in [4.78, 5) is 25.0. The maximum absolute atomic E-state index is 13.2. The fraction of sp³-hybridized carbons (Fsp3) is 0.529. The lowest BCUT2D eigenvalue weighted by Crippen LogP contribution is -2.41. The summed E-state index contributed by atoms with van der Waals surface area (Å²) in [6, 6.07) is 5.07. The Kier molecular flexibility index (Phi) is 4.73. The van der Waals surface area contributed by atoms with Crippen molar-refractivity contribution in [2.45, 2.75) is 56.7 Å². The number of rotatable bonds is 5. The second-order valence-electron chi connectivity index (χ2n) is 6.38. The van der Waals surface area contributed by atoms with Crippen molar-refractivity contribution in [3.8, 4) is 0 Å². The Hall–Kier alpha value is -2.09. The lowest BCUT2D eigenvalue weighted by molar-refractivity contribution is -0.155. The van der Waals surface area contributed by atoms with Gasteiger partial charge >= 0.3 is 12.1 Å². The second kappa shape index (κ2) is 6.67. The van der Waals surface area contributed by atoms with Crippen LogP contribution in [0.5, 0.6) is 0 Å². The van der Waals surface area contributed by atoms with Crippen molar-refractivity contribution in [2.75, 3.05) is 0 Å². The fourth-order valence-corrected chi connectivity index (χ4v) is 3.08. The number of carbonyl (C=O) groups is 2. The molecule has 0 bridgehead atoms. The lowest BCUT2D eigenvalue weighted by Gasteiger charge is -2.27. The van der Waals surface area contributed by atoms with Gasteiger partial charge < -0.3 is 14.7 Å². The molecular weight excluding hydrogens is 339 g/mol.